The van der Waals surface area contributed by atoms with Crippen LogP contribution in [0.4, 0.5) is 0 Å². The molecule has 20 heavy (non-hydrogen) atoms. The summed E-state index contributed by atoms with van der Waals surface area (Å²) in [6, 6.07) is 0. The molecule has 0 heterocycles. The van der Waals surface area contributed by atoms with Gasteiger partial charge in [0.15, 0.2) is 0 Å². The van der Waals surface area contributed by atoms with E-state index in [1.54, 1.807) is 0 Å². The van der Waals surface area contributed by atoms with Gasteiger partial charge in [-0.05, 0) is 11.8 Å². The third kappa shape index (κ3) is 30.8. The molecule has 126 valence electrons. The fourth-order valence-corrected chi connectivity index (χ4v) is 1.59. The maximum atomic E-state index is 2.34. The van der Waals surface area contributed by atoms with Gasteiger partial charge in [0.2, 0.25) is 0 Å². The molecule has 0 spiro atoms. The summed E-state index contributed by atoms with van der Waals surface area (Å²) in [4.78, 5) is 0. The Morgan fingerprint density at radius 1 is 0.500 bits per heavy atom. The summed E-state index contributed by atoms with van der Waals surface area (Å²) in [6.45, 7) is 18.0. The normalized spacial score (nSPS) is 11.2. The highest BCUT2D eigenvalue weighted by Crippen LogP contribution is 2.11. The molecule has 0 saturated carbocycles. The molecular formula is C20H46. The number of hydrogen-bond donors (Lipinski definition) is 0. The van der Waals surface area contributed by atoms with Crippen LogP contribution in [0.3, 0.4) is 0 Å². The average molecular weight is 287 g/mol. The molecular weight excluding hydrogens is 240 g/mol. The first-order valence-corrected chi connectivity index (χ1v) is 9.53. The Bertz CT molecular complexity index is 122. The summed E-state index contributed by atoms with van der Waals surface area (Å²) >= 11 is 0. The van der Waals surface area contributed by atoms with Crippen LogP contribution in [0.1, 0.15) is 120 Å². The molecule has 0 rings (SSSR count). The second-order valence-corrected chi connectivity index (χ2v) is 6.28. The Kier molecular flexibility index (Phi) is 30.0. The van der Waals surface area contributed by atoms with Crippen LogP contribution in [-0.2, 0) is 0 Å². The summed E-state index contributed by atoms with van der Waals surface area (Å²) in [5, 5.41) is 0. The zero-order chi connectivity index (χ0) is 16.2. The van der Waals surface area contributed by atoms with Gasteiger partial charge >= 0.3 is 0 Å². The van der Waals surface area contributed by atoms with Gasteiger partial charge in [0, 0.05) is 0 Å². The second-order valence-electron chi connectivity index (χ2n) is 6.28. The van der Waals surface area contributed by atoms with E-state index >= 15 is 0 Å². The molecule has 0 aliphatic heterocycles. The largest absolute Gasteiger partial charge is 0.0654 e. The lowest BCUT2D eigenvalue weighted by atomic mass is 10.0. The van der Waals surface area contributed by atoms with Gasteiger partial charge < -0.3 is 0 Å². The van der Waals surface area contributed by atoms with Crippen LogP contribution in [-0.4, -0.2) is 0 Å². The van der Waals surface area contributed by atoms with Gasteiger partial charge in [0.05, 0.1) is 0 Å². The molecule has 0 aromatic carbocycles. The van der Waals surface area contributed by atoms with Crippen molar-refractivity contribution in [1.29, 1.82) is 0 Å². The minimum Gasteiger partial charge on any atom is -0.0654 e. The Balaban J connectivity index is -0.000000230. The number of hydrogen-bond acceptors (Lipinski definition) is 0. The van der Waals surface area contributed by atoms with E-state index in [1.807, 2.05) is 0 Å². The molecule has 0 aliphatic rings. The first kappa shape index (κ1) is 25.0. The van der Waals surface area contributed by atoms with Crippen LogP contribution in [0.25, 0.3) is 0 Å². The smallest absolute Gasteiger partial charge is 0.0445 e. The zero-order valence-electron chi connectivity index (χ0n) is 16.2. The minimum absolute atomic E-state index is 0.935. The lowest BCUT2D eigenvalue weighted by Crippen LogP contribution is -1.90. The van der Waals surface area contributed by atoms with Gasteiger partial charge in [-0.3, -0.25) is 0 Å². The third-order valence-corrected chi connectivity index (χ3v) is 4.10. The summed E-state index contributed by atoms with van der Waals surface area (Å²) in [5.74, 6) is 1.89. The van der Waals surface area contributed by atoms with E-state index in [-0.39, 0.29) is 0 Å². The highest BCUT2D eigenvalue weighted by atomic mass is 14.0. The summed E-state index contributed by atoms with van der Waals surface area (Å²) in [5.41, 5.74) is 0. The van der Waals surface area contributed by atoms with E-state index in [9.17, 15) is 0 Å². The third-order valence-electron chi connectivity index (χ3n) is 4.10. The predicted molar refractivity (Wildman–Crippen MR) is 98.5 cm³/mol. The molecule has 0 amide bonds. The molecule has 0 N–H and O–H groups in total. The highest BCUT2D eigenvalue weighted by Gasteiger charge is 1.95. The van der Waals surface area contributed by atoms with Gasteiger partial charge in [0.25, 0.3) is 0 Å². The van der Waals surface area contributed by atoms with Gasteiger partial charge in [-0.2, -0.15) is 0 Å². The van der Waals surface area contributed by atoms with E-state index in [0.29, 0.717) is 0 Å². The predicted octanol–water partition coefficient (Wildman–Crippen LogP) is 8.25. The zero-order valence-corrected chi connectivity index (χ0v) is 16.2. The SMILES string of the molecule is CCC(C)CC.CCCCC.CCCCCC(C)CC. The van der Waals surface area contributed by atoms with Crippen molar-refractivity contribution >= 4 is 0 Å². The monoisotopic (exact) mass is 286 g/mol. The maximum absolute atomic E-state index is 2.34. The average Bonchev–Trinajstić information content (AvgIpc) is 2.48. The Labute approximate surface area is 132 Å². The van der Waals surface area contributed by atoms with Crippen LogP contribution >= 0.6 is 0 Å². The quantitative estimate of drug-likeness (QED) is 0.374. The summed E-state index contributed by atoms with van der Waals surface area (Å²) in [7, 11) is 0. The van der Waals surface area contributed by atoms with Crippen LogP contribution in [0.15, 0.2) is 0 Å². The van der Waals surface area contributed by atoms with Crippen molar-refractivity contribution < 1.29 is 0 Å². The van der Waals surface area contributed by atoms with Crippen LogP contribution in [0, 0.1) is 11.8 Å². The fraction of sp³-hybridized carbons (Fsp3) is 1.00. The van der Waals surface area contributed by atoms with Gasteiger partial charge in [-0.25, -0.2) is 0 Å². The lowest BCUT2D eigenvalue weighted by Gasteiger charge is -2.05. The van der Waals surface area contributed by atoms with Crippen molar-refractivity contribution in [2.75, 3.05) is 0 Å². The molecule has 0 bridgehead atoms. The van der Waals surface area contributed by atoms with Gasteiger partial charge in [-0.1, -0.05) is 120 Å². The van der Waals surface area contributed by atoms with E-state index in [1.165, 1.54) is 64.2 Å². The second kappa shape index (κ2) is 24.0. The van der Waals surface area contributed by atoms with E-state index in [2.05, 4.69) is 55.4 Å². The van der Waals surface area contributed by atoms with Gasteiger partial charge in [-0.15, -0.1) is 0 Å². The van der Waals surface area contributed by atoms with Gasteiger partial charge in [0.1, 0.15) is 0 Å². The van der Waals surface area contributed by atoms with E-state index < -0.39 is 0 Å². The number of rotatable bonds is 9. The molecule has 0 radical (unpaired) electrons. The van der Waals surface area contributed by atoms with Crippen LogP contribution < -0.4 is 0 Å². The lowest BCUT2D eigenvalue weighted by molar-refractivity contribution is 0.482. The van der Waals surface area contributed by atoms with Crippen molar-refractivity contribution in [3.63, 3.8) is 0 Å². The molecule has 1 atom stereocenters. The van der Waals surface area contributed by atoms with Crippen molar-refractivity contribution in [3.8, 4) is 0 Å². The first-order valence-electron chi connectivity index (χ1n) is 9.53. The van der Waals surface area contributed by atoms with Crippen molar-refractivity contribution in [2.24, 2.45) is 11.8 Å². The molecule has 0 aromatic rings. The minimum atomic E-state index is 0.935. The molecule has 0 heteroatoms. The summed E-state index contributed by atoms with van der Waals surface area (Å²) < 4.78 is 0. The van der Waals surface area contributed by atoms with Crippen LogP contribution in [0.5, 0.6) is 0 Å². The fourth-order valence-electron chi connectivity index (χ4n) is 1.59. The Hall–Kier alpha value is 0. The molecule has 0 saturated heterocycles. The van der Waals surface area contributed by atoms with Crippen molar-refractivity contribution in [3.05, 3.63) is 0 Å². The van der Waals surface area contributed by atoms with E-state index in [4.69, 9.17) is 0 Å². The summed E-state index contributed by atoms with van der Waals surface area (Å²) in [6.07, 6.45) is 13.7. The molecule has 0 fully saturated rings. The standard InChI is InChI=1S/C9H20.C6H14.C5H12/c1-4-6-7-8-9(3)5-2;1-4-6(3)5-2;1-3-5-4-2/h9H,4-8H2,1-3H3;6H,4-5H2,1-3H3;3-5H2,1-2H3. The first-order chi connectivity index (χ1) is 9.53. The Morgan fingerprint density at radius 3 is 1.10 bits per heavy atom. The highest BCUT2D eigenvalue weighted by molar-refractivity contribution is 4.49. The maximum Gasteiger partial charge on any atom is -0.0445 e. The molecule has 0 aromatic heterocycles. The molecule has 0 nitrogen and oxygen atoms in total. The topological polar surface area (TPSA) is 0 Å². The van der Waals surface area contributed by atoms with E-state index in [0.717, 1.165) is 11.8 Å². The van der Waals surface area contributed by atoms with Crippen molar-refractivity contribution in [2.45, 2.75) is 120 Å². The Morgan fingerprint density at radius 2 is 0.900 bits per heavy atom. The van der Waals surface area contributed by atoms with Crippen LogP contribution in [0.2, 0.25) is 0 Å². The molecule has 0 aliphatic carbocycles. The molecule has 1 unspecified atom stereocenters. The number of unbranched alkanes of at least 4 members (excludes halogenated alkanes) is 4. The van der Waals surface area contributed by atoms with Crippen molar-refractivity contribution in [1.82, 2.24) is 0 Å².